The van der Waals surface area contributed by atoms with Crippen molar-refractivity contribution in [3.63, 3.8) is 0 Å². The molecule has 3 rings (SSSR count). The quantitative estimate of drug-likeness (QED) is 0.691. The number of amides is 1. The van der Waals surface area contributed by atoms with E-state index in [0.717, 1.165) is 15.8 Å². The van der Waals surface area contributed by atoms with E-state index in [9.17, 15) is 14.4 Å². The van der Waals surface area contributed by atoms with E-state index in [-0.39, 0.29) is 12.1 Å². The number of benzene rings is 2. The summed E-state index contributed by atoms with van der Waals surface area (Å²) in [6, 6.07) is 17.0. The van der Waals surface area contributed by atoms with Crippen molar-refractivity contribution in [3.05, 3.63) is 82.1 Å². The monoisotopic (exact) mass is 377 g/mol. The highest BCUT2D eigenvalue weighted by Crippen LogP contribution is 2.16. The highest BCUT2D eigenvalue weighted by molar-refractivity contribution is 5.92. The number of rotatable bonds is 5. The van der Waals surface area contributed by atoms with Gasteiger partial charge < -0.3 is 10.1 Å². The number of methoxy groups -OCH3 is 1. The number of esters is 1. The van der Waals surface area contributed by atoms with Crippen molar-refractivity contribution in [2.24, 2.45) is 0 Å². The van der Waals surface area contributed by atoms with Crippen molar-refractivity contribution in [1.82, 2.24) is 9.78 Å². The van der Waals surface area contributed by atoms with Gasteiger partial charge in [-0.3, -0.25) is 9.59 Å². The number of ether oxygens (including phenoxy) is 1. The van der Waals surface area contributed by atoms with Crippen LogP contribution in [0.2, 0.25) is 0 Å². The van der Waals surface area contributed by atoms with Gasteiger partial charge in [-0.1, -0.05) is 29.8 Å². The highest BCUT2D eigenvalue weighted by atomic mass is 16.5. The van der Waals surface area contributed by atoms with Gasteiger partial charge in [0, 0.05) is 17.3 Å². The molecule has 0 radical (unpaired) electrons. The third-order valence-corrected chi connectivity index (χ3v) is 4.10. The average molecular weight is 377 g/mol. The van der Waals surface area contributed by atoms with Crippen LogP contribution in [0.5, 0.6) is 0 Å². The van der Waals surface area contributed by atoms with Gasteiger partial charge in [-0.15, -0.1) is 0 Å². The van der Waals surface area contributed by atoms with Crippen LogP contribution in [-0.2, 0) is 16.1 Å². The zero-order valence-corrected chi connectivity index (χ0v) is 15.5. The molecule has 0 unspecified atom stereocenters. The summed E-state index contributed by atoms with van der Waals surface area (Å²) in [5, 5.41) is 6.96. The number of nitrogens with zero attached hydrogens (tertiary/aromatic N) is 2. The van der Waals surface area contributed by atoms with E-state index < -0.39 is 11.9 Å². The molecule has 1 heterocycles. The van der Waals surface area contributed by atoms with Crippen molar-refractivity contribution in [1.29, 1.82) is 0 Å². The fourth-order valence-electron chi connectivity index (χ4n) is 2.58. The van der Waals surface area contributed by atoms with Crippen LogP contribution in [0.15, 0.2) is 65.5 Å². The summed E-state index contributed by atoms with van der Waals surface area (Å²) in [7, 11) is 1.30. The Bertz CT molecular complexity index is 1050. The van der Waals surface area contributed by atoms with E-state index >= 15 is 0 Å². The van der Waals surface area contributed by atoms with E-state index in [0.29, 0.717) is 16.9 Å². The molecule has 0 saturated heterocycles. The molecule has 7 heteroatoms. The minimum Gasteiger partial charge on any atom is -0.465 e. The number of carbonyl (C=O) groups excluding carboxylic acids is 2. The Morgan fingerprint density at radius 2 is 1.68 bits per heavy atom. The number of carbonyl (C=O) groups is 2. The van der Waals surface area contributed by atoms with Crippen molar-refractivity contribution in [2.75, 3.05) is 12.4 Å². The Kier molecular flexibility index (Phi) is 5.64. The lowest BCUT2D eigenvalue weighted by atomic mass is 10.1. The first kappa shape index (κ1) is 19.0. The minimum atomic E-state index is -0.457. The van der Waals surface area contributed by atoms with Gasteiger partial charge in [0.05, 0.1) is 18.4 Å². The van der Waals surface area contributed by atoms with Crippen LogP contribution in [0.3, 0.4) is 0 Å². The third kappa shape index (κ3) is 4.50. The summed E-state index contributed by atoms with van der Waals surface area (Å²) in [4.78, 5) is 35.8. The fourth-order valence-corrected chi connectivity index (χ4v) is 2.58. The molecule has 7 nitrogen and oxygen atoms in total. The predicted octanol–water partition coefficient (Wildman–Crippen LogP) is 2.64. The van der Waals surface area contributed by atoms with Gasteiger partial charge in [-0.05, 0) is 37.3 Å². The number of nitrogens with one attached hydrogen (secondary N) is 1. The second kappa shape index (κ2) is 8.30. The van der Waals surface area contributed by atoms with Crippen LogP contribution in [0.25, 0.3) is 11.3 Å². The van der Waals surface area contributed by atoms with Gasteiger partial charge in [0.25, 0.3) is 5.56 Å². The fraction of sp³-hybridized carbons (Fsp3) is 0.143. The molecule has 1 amide bonds. The van der Waals surface area contributed by atoms with E-state index in [1.807, 2.05) is 31.2 Å². The molecule has 0 aliphatic rings. The Labute approximate surface area is 161 Å². The minimum absolute atomic E-state index is 0.225. The van der Waals surface area contributed by atoms with Gasteiger partial charge in [0.2, 0.25) is 5.91 Å². The first-order valence-corrected chi connectivity index (χ1v) is 8.60. The number of anilines is 1. The van der Waals surface area contributed by atoms with Gasteiger partial charge in [0.1, 0.15) is 6.54 Å². The maximum atomic E-state index is 12.3. The summed E-state index contributed by atoms with van der Waals surface area (Å²) in [6.07, 6.45) is 0. The Hall–Kier alpha value is -3.74. The van der Waals surface area contributed by atoms with Gasteiger partial charge in [-0.2, -0.15) is 5.10 Å². The van der Waals surface area contributed by atoms with Crippen LogP contribution in [0.1, 0.15) is 15.9 Å². The molecule has 1 aromatic heterocycles. The Balaban J connectivity index is 1.73. The summed E-state index contributed by atoms with van der Waals surface area (Å²) >= 11 is 0. The molecule has 2 aromatic carbocycles. The summed E-state index contributed by atoms with van der Waals surface area (Å²) < 4.78 is 5.75. The van der Waals surface area contributed by atoms with Crippen molar-refractivity contribution < 1.29 is 14.3 Å². The molecule has 28 heavy (non-hydrogen) atoms. The average Bonchev–Trinajstić information content (AvgIpc) is 2.70. The van der Waals surface area contributed by atoms with E-state index in [2.05, 4.69) is 15.2 Å². The van der Waals surface area contributed by atoms with Crippen molar-refractivity contribution in [2.45, 2.75) is 13.5 Å². The number of aromatic nitrogens is 2. The van der Waals surface area contributed by atoms with Crippen LogP contribution >= 0.6 is 0 Å². The Morgan fingerprint density at radius 3 is 2.32 bits per heavy atom. The predicted molar refractivity (Wildman–Crippen MR) is 105 cm³/mol. The van der Waals surface area contributed by atoms with Gasteiger partial charge >= 0.3 is 5.97 Å². The van der Waals surface area contributed by atoms with Crippen LogP contribution in [0, 0.1) is 6.92 Å². The van der Waals surface area contributed by atoms with Gasteiger partial charge in [0.15, 0.2) is 0 Å². The maximum absolute atomic E-state index is 12.3. The normalized spacial score (nSPS) is 10.4. The Morgan fingerprint density at radius 1 is 1.00 bits per heavy atom. The lowest BCUT2D eigenvalue weighted by Gasteiger charge is -2.09. The molecule has 3 aromatic rings. The number of aryl methyl sites for hydroxylation is 1. The molecule has 0 spiro atoms. The zero-order valence-electron chi connectivity index (χ0n) is 15.5. The maximum Gasteiger partial charge on any atom is 0.337 e. The third-order valence-electron chi connectivity index (χ3n) is 4.10. The summed E-state index contributed by atoms with van der Waals surface area (Å²) in [5.74, 6) is -0.858. The lowest BCUT2D eigenvalue weighted by Crippen LogP contribution is -2.29. The highest BCUT2D eigenvalue weighted by Gasteiger charge is 2.10. The number of hydrogen-bond acceptors (Lipinski definition) is 5. The van der Waals surface area contributed by atoms with E-state index in [4.69, 9.17) is 0 Å². The summed E-state index contributed by atoms with van der Waals surface area (Å²) in [6.45, 7) is 1.76. The second-order valence-corrected chi connectivity index (χ2v) is 6.20. The lowest BCUT2D eigenvalue weighted by molar-refractivity contribution is -0.117. The number of hydrogen-bond donors (Lipinski definition) is 1. The second-order valence-electron chi connectivity index (χ2n) is 6.20. The molecule has 1 N–H and O–H groups in total. The van der Waals surface area contributed by atoms with Crippen LogP contribution < -0.4 is 10.9 Å². The SMILES string of the molecule is COC(=O)c1ccc(NC(=O)Cn2nc(-c3ccc(C)cc3)ccc2=O)cc1. The standard InChI is InChI=1S/C21H19N3O4/c1-14-3-5-15(6-4-14)18-11-12-20(26)24(23-18)13-19(25)22-17-9-7-16(8-10-17)21(27)28-2/h3-12H,13H2,1-2H3,(H,22,25). The smallest absolute Gasteiger partial charge is 0.337 e. The molecular formula is C21H19N3O4. The first-order chi connectivity index (χ1) is 13.5. The molecule has 0 fully saturated rings. The van der Waals surface area contributed by atoms with Crippen molar-refractivity contribution in [3.8, 4) is 11.3 Å². The summed E-state index contributed by atoms with van der Waals surface area (Å²) in [5.41, 5.74) is 3.10. The molecular weight excluding hydrogens is 358 g/mol. The molecule has 0 aliphatic carbocycles. The first-order valence-electron chi connectivity index (χ1n) is 8.60. The molecule has 0 aliphatic heterocycles. The van der Waals surface area contributed by atoms with Crippen LogP contribution in [-0.4, -0.2) is 28.8 Å². The molecule has 0 atom stereocenters. The molecule has 142 valence electrons. The van der Waals surface area contributed by atoms with E-state index in [1.54, 1.807) is 30.3 Å². The topological polar surface area (TPSA) is 90.3 Å². The van der Waals surface area contributed by atoms with E-state index in [1.165, 1.54) is 13.2 Å². The largest absolute Gasteiger partial charge is 0.465 e. The molecule has 0 saturated carbocycles. The van der Waals surface area contributed by atoms with Gasteiger partial charge in [-0.25, -0.2) is 9.48 Å². The van der Waals surface area contributed by atoms with Crippen LogP contribution in [0.4, 0.5) is 5.69 Å². The molecule has 0 bridgehead atoms. The zero-order chi connectivity index (χ0) is 20.1. The van der Waals surface area contributed by atoms with Crippen molar-refractivity contribution >= 4 is 17.6 Å².